The molecule has 0 atom stereocenters. The second kappa shape index (κ2) is 3.09. The van der Waals surface area contributed by atoms with E-state index in [0.29, 0.717) is 12.5 Å². The molecule has 1 fully saturated rings. The van der Waals surface area contributed by atoms with Gasteiger partial charge in [-0.3, -0.25) is 4.99 Å². The van der Waals surface area contributed by atoms with Crippen molar-refractivity contribution < 1.29 is 5.11 Å². The van der Waals surface area contributed by atoms with Crippen LogP contribution in [0.25, 0.3) is 0 Å². The first kappa shape index (κ1) is 8.33. The number of nitrogens with zero attached hydrogens (tertiary/aromatic N) is 1. The van der Waals surface area contributed by atoms with Gasteiger partial charge in [-0.15, -0.1) is 0 Å². The van der Waals surface area contributed by atoms with Gasteiger partial charge in [0.25, 0.3) is 0 Å². The number of rotatable bonds is 2. The Kier molecular flexibility index (Phi) is 2.34. The zero-order valence-electron chi connectivity index (χ0n) is 6.80. The Morgan fingerprint density at radius 1 is 1.73 bits per heavy atom. The third kappa shape index (κ3) is 2.08. The Bertz CT molecular complexity index is 163. The fraction of sp³-hybridized carbons (Fsp3) is 0.857. The van der Waals surface area contributed by atoms with Crippen LogP contribution in [0.1, 0.15) is 19.3 Å². The van der Waals surface area contributed by atoms with Gasteiger partial charge in [-0.05, 0) is 19.3 Å². The highest BCUT2D eigenvalue weighted by Gasteiger charge is 2.33. The van der Waals surface area contributed by atoms with Crippen LogP contribution < -0.4 is 11.1 Å². The van der Waals surface area contributed by atoms with Gasteiger partial charge >= 0.3 is 0 Å². The molecular weight excluding hydrogens is 142 g/mol. The maximum atomic E-state index is 9.58. The van der Waals surface area contributed by atoms with E-state index >= 15 is 0 Å². The number of guanidine groups is 1. The highest BCUT2D eigenvalue weighted by Crippen LogP contribution is 2.30. The van der Waals surface area contributed by atoms with Crippen LogP contribution in [-0.4, -0.2) is 30.3 Å². The molecule has 1 aliphatic carbocycles. The van der Waals surface area contributed by atoms with E-state index in [0.717, 1.165) is 19.3 Å². The number of nitrogens with one attached hydrogen (secondary N) is 1. The van der Waals surface area contributed by atoms with E-state index in [-0.39, 0.29) is 0 Å². The number of nitrogens with two attached hydrogens (primary N) is 1. The molecule has 1 aliphatic rings. The fourth-order valence-electron chi connectivity index (χ4n) is 1.10. The van der Waals surface area contributed by atoms with Crippen LogP contribution >= 0.6 is 0 Å². The van der Waals surface area contributed by atoms with E-state index in [2.05, 4.69) is 10.3 Å². The summed E-state index contributed by atoms with van der Waals surface area (Å²) in [6.07, 6.45) is 2.86. The van der Waals surface area contributed by atoms with Gasteiger partial charge in [0.1, 0.15) is 0 Å². The first-order chi connectivity index (χ1) is 5.16. The van der Waals surface area contributed by atoms with Crippen molar-refractivity contribution in [1.29, 1.82) is 0 Å². The molecule has 1 saturated carbocycles. The molecule has 0 radical (unpaired) electrons. The van der Waals surface area contributed by atoms with Crippen LogP contribution in [0.15, 0.2) is 4.99 Å². The topological polar surface area (TPSA) is 70.6 Å². The molecule has 0 spiro atoms. The van der Waals surface area contributed by atoms with Crippen LogP contribution in [-0.2, 0) is 0 Å². The SMILES string of the molecule is CN=C(N)NCC1(O)CCC1. The van der Waals surface area contributed by atoms with E-state index in [1.165, 1.54) is 0 Å². The van der Waals surface area contributed by atoms with Crippen molar-refractivity contribution in [2.75, 3.05) is 13.6 Å². The molecule has 4 heteroatoms. The predicted octanol–water partition coefficient (Wildman–Crippen LogP) is -0.564. The van der Waals surface area contributed by atoms with Crippen molar-refractivity contribution in [3.8, 4) is 0 Å². The molecule has 0 aromatic carbocycles. The minimum absolute atomic E-state index is 0.394. The number of aliphatic imine (C=N–C) groups is 1. The predicted molar refractivity (Wildman–Crippen MR) is 44.3 cm³/mol. The molecule has 0 heterocycles. The number of hydrogen-bond donors (Lipinski definition) is 3. The lowest BCUT2D eigenvalue weighted by Gasteiger charge is -2.36. The molecule has 1 rings (SSSR count). The molecule has 4 N–H and O–H groups in total. The highest BCUT2D eigenvalue weighted by atomic mass is 16.3. The van der Waals surface area contributed by atoms with Crippen LogP contribution in [0.2, 0.25) is 0 Å². The monoisotopic (exact) mass is 157 g/mol. The normalized spacial score (nSPS) is 22.5. The Hall–Kier alpha value is -0.770. The highest BCUT2D eigenvalue weighted by molar-refractivity contribution is 5.77. The van der Waals surface area contributed by atoms with Crippen molar-refractivity contribution in [3.63, 3.8) is 0 Å². The lowest BCUT2D eigenvalue weighted by molar-refractivity contribution is -0.0278. The van der Waals surface area contributed by atoms with Crippen molar-refractivity contribution >= 4 is 5.96 Å². The van der Waals surface area contributed by atoms with E-state index in [1.807, 2.05) is 0 Å². The molecule has 0 aromatic rings. The van der Waals surface area contributed by atoms with E-state index in [1.54, 1.807) is 7.05 Å². The second-order valence-electron chi connectivity index (χ2n) is 3.04. The lowest BCUT2D eigenvalue weighted by atomic mass is 9.80. The van der Waals surface area contributed by atoms with Crippen molar-refractivity contribution in [1.82, 2.24) is 5.32 Å². The van der Waals surface area contributed by atoms with Crippen molar-refractivity contribution in [2.24, 2.45) is 10.7 Å². The van der Waals surface area contributed by atoms with Crippen molar-refractivity contribution in [3.05, 3.63) is 0 Å². The zero-order chi connectivity index (χ0) is 8.32. The summed E-state index contributed by atoms with van der Waals surface area (Å²) in [6.45, 7) is 0.524. The van der Waals surface area contributed by atoms with Gasteiger partial charge in [0.2, 0.25) is 0 Å². The van der Waals surface area contributed by atoms with E-state index in [9.17, 15) is 5.11 Å². The van der Waals surface area contributed by atoms with Crippen LogP contribution in [0.3, 0.4) is 0 Å². The third-order valence-corrected chi connectivity index (χ3v) is 2.12. The number of hydrogen-bond acceptors (Lipinski definition) is 2. The van der Waals surface area contributed by atoms with Crippen LogP contribution in [0.5, 0.6) is 0 Å². The van der Waals surface area contributed by atoms with E-state index in [4.69, 9.17) is 5.73 Å². The minimum atomic E-state index is -0.519. The average Bonchev–Trinajstić information content (AvgIpc) is 1.96. The second-order valence-corrected chi connectivity index (χ2v) is 3.04. The van der Waals surface area contributed by atoms with Gasteiger partial charge in [0.05, 0.1) is 5.60 Å². The largest absolute Gasteiger partial charge is 0.388 e. The molecule has 4 nitrogen and oxygen atoms in total. The maximum Gasteiger partial charge on any atom is 0.188 e. The zero-order valence-corrected chi connectivity index (χ0v) is 6.80. The molecule has 0 bridgehead atoms. The average molecular weight is 157 g/mol. The van der Waals surface area contributed by atoms with Gasteiger partial charge in [0, 0.05) is 13.6 Å². The first-order valence-corrected chi connectivity index (χ1v) is 3.85. The summed E-state index contributed by atoms with van der Waals surface area (Å²) in [4.78, 5) is 3.72. The molecule has 64 valence electrons. The molecule has 0 aliphatic heterocycles. The summed E-state index contributed by atoms with van der Waals surface area (Å²) in [7, 11) is 1.62. The molecule has 0 saturated heterocycles. The Labute approximate surface area is 66.5 Å². The van der Waals surface area contributed by atoms with Crippen LogP contribution in [0, 0.1) is 0 Å². The molecule has 0 amide bonds. The maximum absolute atomic E-state index is 9.58. The van der Waals surface area contributed by atoms with Gasteiger partial charge in [-0.25, -0.2) is 0 Å². The smallest absolute Gasteiger partial charge is 0.188 e. The Morgan fingerprint density at radius 2 is 2.36 bits per heavy atom. The lowest BCUT2D eigenvalue weighted by Crippen LogP contribution is -2.49. The summed E-state index contributed by atoms with van der Waals surface area (Å²) >= 11 is 0. The summed E-state index contributed by atoms with van der Waals surface area (Å²) in [6, 6.07) is 0. The van der Waals surface area contributed by atoms with Gasteiger partial charge in [-0.1, -0.05) is 0 Å². The van der Waals surface area contributed by atoms with E-state index < -0.39 is 5.60 Å². The quantitative estimate of drug-likeness (QED) is 0.371. The van der Waals surface area contributed by atoms with Crippen LogP contribution in [0.4, 0.5) is 0 Å². The minimum Gasteiger partial charge on any atom is -0.388 e. The first-order valence-electron chi connectivity index (χ1n) is 3.85. The Balaban J connectivity index is 2.21. The summed E-state index contributed by atoms with van der Waals surface area (Å²) in [5.74, 6) is 0.394. The molecule has 11 heavy (non-hydrogen) atoms. The summed E-state index contributed by atoms with van der Waals surface area (Å²) in [5.41, 5.74) is 4.87. The van der Waals surface area contributed by atoms with Gasteiger partial charge in [0.15, 0.2) is 5.96 Å². The summed E-state index contributed by atoms with van der Waals surface area (Å²) in [5, 5.41) is 12.4. The van der Waals surface area contributed by atoms with Crippen molar-refractivity contribution in [2.45, 2.75) is 24.9 Å². The molecule has 0 aromatic heterocycles. The van der Waals surface area contributed by atoms with Gasteiger partial charge < -0.3 is 16.2 Å². The molecule has 0 unspecified atom stereocenters. The Morgan fingerprint density at radius 3 is 2.73 bits per heavy atom. The van der Waals surface area contributed by atoms with Gasteiger partial charge in [-0.2, -0.15) is 0 Å². The standard InChI is InChI=1S/C7H15N3O/c1-9-6(8)10-5-7(11)3-2-4-7/h11H,2-5H2,1H3,(H3,8,9,10). The fourth-order valence-corrected chi connectivity index (χ4v) is 1.10. The summed E-state index contributed by atoms with van der Waals surface area (Å²) < 4.78 is 0. The number of aliphatic hydroxyl groups is 1. The molecular formula is C7H15N3O. The third-order valence-electron chi connectivity index (χ3n) is 2.12.